The second-order valence-corrected chi connectivity index (χ2v) is 8.17. The molecule has 9 heteroatoms. The first-order valence-electron chi connectivity index (χ1n) is 11.1. The highest BCUT2D eigenvalue weighted by molar-refractivity contribution is 5.79. The number of H-pyrrole nitrogens is 1. The molecule has 0 bridgehead atoms. The zero-order valence-corrected chi connectivity index (χ0v) is 18.7. The van der Waals surface area contributed by atoms with Gasteiger partial charge in [0.2, 0.25) is 5.95 Å². The standard InChI is InChI=1S/C25H23N7O2/c1-34-24(33)17-4-7-19(8-5-17)30-25-27-13-11-22(31-25)23-26-12-10-20(29-23)6-2-16-3-9-21-18(14-16)15-28-32-21/h3,9-15,17,19H,4-5,7-8H2,1H3,(H,28,32)(H,27,30,31)/t17-,19+. The summed E-state index contributed by atoms with van der Waals surface area (Å²) in [7, 11) is 1.44. The third-order valence-corrected chi connectivity index (χ3v) is 5.91. The number of aromatic amines is 1. The summed E-state index contributed by atoms with van der Waals surface area (Å²) in [6.07, 6.45) is 8.44. The molecule has 0 unspecified atom stereocenters. The summed E-state index contributed by atoms with van der Waals surface area (Å²) in [6.45, 7) is 0. The molecule has 34 heavy (non-hydrogen) atoms. The number of fused-ring (bicyclic) bond motifs is 1. The molecular weight excluding hydrogens is 430 g/mol. The first-order valence-corrected chi connectivity index (χ1v) is 11.1. The summed E-state index contributed by atoms with van der Waals surface area (Å²) in [5.41, 5.74) is 3.07. The second kappa shape index (κ2) is 9.67. The zero-order valence-electron chi connectivity index (χ0n) is 18.7. The van der Waals surface area contributed by atoms with Gasteiger partial charge in [-0.15, -0.1) is 0 Å². The molecule has 4 aromatic rings. The molecule has 170 valence electrons. The topological polar surface area (TPSA) is 119 Å². The monoisotopic (exact) mass is 453 g/mol. The summed E-state index contributed by atoms with van der Waals surface area (Å²) in [6, 6.07) is 9.63. The van der Waals surface area contributed by atoms with Gasteiger partial charge in [0.25, 0.3) is 0 Å². The van der Waals surface area contributed by atoms with Crippen molar-refractivity contribution in [3.63, 3.8) is 0 Å². The van der Waals surface area contributed by atoms with Crippen molar-refractivity contribution in [1.29, 1.82) is 0 Å². The van der Waals surface area contributed by atoms with Gasteiger partial charge >= 0.3 is 5.97 Å². The number of rotatable bonds is 4. The van der Waals surface area contributed by atoms with E-state index >= 15 is 0 Å². The zero-order chi connectivity index (χ0) is 23.3. The number of carbonyl (C=O) groups excluding carboxylic acids is 1. The lowest BCUT2D eigenvalue weighted by atomic mass is 9.86. The molecule has 1 aromatic carbocycles. The smallest absolute Gasteiger partial charge is 0.308 e. The highest BCUT2D eigenvalue weighted by Crippen LogP contribution is 2.27. The van der Waals surface area contributed by atoms with E-state index in [9.17, 15) is 4.79 Å². The number of benzene rings is 1. The molecule has 2 N–H and O–H groups in total. The molecule has 3 aromatic heterocycles. The molecule has 5 rings (SSSR count). The van der Waals surface area contributed by atoms with Crippen molar-refractivity contribution in [2.45, 2.75) is 31.7 Å². The summed E-state index contributed by atoms with van der Waals surface area (Å²) >= 11 is 0. The van der Waals surface area contributed by atoms with Crippen molar-refractivity contribution in [2.24, 2.45) is 5.92 Å². The van der Waals surface area contributed by atoms with Crippen LogP contribution in [0, 0.1) is 17.8 Å². The van der Waals surface area contributed by atoms with Crippen LogP contribution in [0.1, 0.15) is 36.9 Å². The number of esters is 1. The molecule has 1 aliphatic carbocycles. The number of nitrogens with zero attached hydrogens (tertiary/aromatic N) is 5. The molecule has 1 fully saturated rings. The fraction of sp³-hybridized carbons (Fsp3) is 0.280. The Balaban J connectivity index is 1.28. The Morgan fingerprint density at radius 3 is 2.76 bits per heavy atom. The summed E-state index contributed by atoms with van der Waals surface area (Å²) < 4.78 is 4.86. The Labute approximate surface area is 196 Å². The molecule has 0 spiro atoms. The number of methoxy groups -OCH3 is 1. The van der Waals surface area contributed by atoms with Crippen molar-refractivity contribution in [1.82, 2.24) is 30.1 Å². The molecule has 0 amide bonds. The van der Waals surface area contributed by atoms with E-state index in [-0.39, 0.29) is 17.9 Å². The van der Waals surface area contributed by atoms with E-state index < -0.39 is 0 Å². The predicted octanol–water partition coefficient (Wildman–Crippen LogP) is 3.35. The fourth-order valence-corrected chi connectivity index (χ4v) is 4.08. The van der Waals surface area contributed by atoms with Crippen LogP contribution in [0.2, 0.25) is 0 Å². The van der Waals surface area contributed by atoms with E-state index in [4.69, 9.17) is 4.74 Å². The summed E-state index contributed by atoms with van der Waals surface area (Å²) in [5, 5.41) is 11.4. The average molecular weight is 454 g/mol. The van der Waals surface area contributed by atoms with Crippen LogP contribution in [-0.4, -0.2) is 49.3 Å². The van der Waals surface area contributed by atoms with Gasteiger partial charge in [0.1, 0.15) is 11.4 Å². The summed E-state index contributed by atoms with van der Waals surface area (Å²) in [4.78, 5) is 29.6. The highest BCUT2D eigenvalue weighted by atomic mass is 16.5. The minimum Gasteiger partial charge on any atom is -0.469 e. The Bertz CT molecular complexity index is 1380. The Morgan fingerprint density at radius 1 is 1.06 bits per heavy atom. The number of ether oxygens (including phenoxy) is 1. The molecule has 0 atom stereocenters. The van der Waals surface area contributed by atoms with Crippen molar-refractivity contribution in [2.75, 3.05) is 12.4 Å². The van der Waals surface area contributed by atoms with Gasteiger partial charge in [-0.05, 0) is 61.9 Å². The van der Waals surface area contributed by atoms with E-state index in [1.165, 1.54) is 7.11 Å². The molecule has 1 saturated carbocycles. The highest BCUT2D eigenvalue weighted by Gasteiger charge is 2.27. The lowest BCUT2D eigenvalue weighted by Crippen LogP contribution is -2.30. The van der Waals surface area contributed by atoms with Crippen LogP contribution in [-0.2, 0) is 9.53 Å². The van der Waals surface area contributed by atoms with Crippen LogP contribution in [0.3, 0.4) is 0 Å². The second-order valence-electron chi connectivity index (χ2n) is 8.17. The van der Waals surface area contributed by atoms with Gasteiger partial charge in [-0.3, -0.25) is 9.89 Å². The Hall–Kier alpha value is -4.32. The van der Waals surface area contributed by atoms with Crippen LogP contribution >= 0.6 is 0 Å². The van der Waals surface area contributed by atoms with Crippen molar-refractivity contribution in [3.05, 3.63) is 60.2 Å². The van der Waals surface area contributed by atoms with Gasteiger partial charge in [-0.2, -0.15) is 5.10 Å². The van der Waals surface area contributed by atoms with Gasteiger partial charge < -0.3 is 10.1 Å². The van der Waals surface area contributed by atoms with Crippen LogP contribution in [0.15, 0.2) is 48.9 Å². The number of nitrogens with one attached hydrogen (secondary N) is 2. The maximum absolute atomic E-state index is 11.7. The quantitative estimate of drug-likeness (QED) is 0.357. The lowest BCUT2D eigenvalue weighted by Gasteiger charge is -2.27. The molecule has 9 nitrogen and oxygen atoms in total. The number of anilines is 1. The van der Waals surface area contributed by atoms with Gasteiger partial charge in [0.05, 0.1) is 24.7 Å². The number of aromatic nitrogens is 6. The third-order valence-electron chi connectivity index (χ3n) is 5.91. The van der Waals surface area contributed by atoms with E-state index in [2.05, 4.69) is 47.3 Å². The van der Waals surface area contributed by atoms with Crippen LogP contribution in [0.25, 0.3) is 22.4 Å². The molecule has 0 saturated heterocycles. The van der Waals surface area contributed by atoms with Gasteiger partial charge in [0.15, 0.2) is 5.82 Å². The molecule has 0 aliphatic heterocycles. The number of carbonyl (C=O) groups is 1. The first kappa shape index (κ1) is 21.5. The molecular formula is C25H23N7O2. The SMILES string of the molecule is COC(=O)[C@H]1CC[C@@H](Nc2nccc(-c3nccc(C#Cc4ccc5[nH]ncc5c4)n3)n2)CC1. The van der Waals surface area contributed by atoms with Crippen LogP contribution in [0.4, 0.5) is 5.95 Å². The van der Waals surface area contributed by atoms with E-state index in [0.29, 0.717) is 23.2 Å². The molecule has 1 aliphatic rings. The minimum atomic E-state index is -0.126. The van der Waals surface area contributed by atoms with Crippen LogP contribution in [0.5, 0.6) is 0 Å². The minimum absolute atomic E-state index is 0.0193. The fourth-order valence-electron chi connectivity index (χ4n) is 4.08. The third kappa shape index (κ3) is 4.86. The van der Waals surface area contributed by atoms with Crippen molar-refractivity contribution >= 4 is 22.8 Å². The number of hydrogen-bond donors (Lipinski definition) is 2. The van der Waals surface area contributed by atoms with Gasteiger partial charge in [-0.1, -0.05) is 5.92 Å². The van der Waals surface area contributed by atoms with E-state index in [1.807, 2.05) is 18.2 Å². The largest absolute Gasteiger partial charge is 0.469 e. The number of hydrogen-bond acceptors (Lipinski definition) is 8. The van der Waals surface area contributed by atoms with Crippen LogP contribution < -0.4 is 5.32 Å². The van der Waals surface area contributed by atoms with Gasteiger partial charge in [0, 0.05) is 29.4 Å². The van der Waals surface area contributed by atoms with Crippen molar-refractivity contribution < 1.29 is 9.53 Å². The summed E-state index contributed by atoms with van der Waals surface area (Å²) in [5.74, 6) is 7.10. The molecule has 0 radical (unpaired) electrons. The molecule has 3 heterocycles. The lowest BCUT2D eigenvalue weighted by molar-refractivity contribution is -0.146. The first-order chi connectivity index (χ1) is 16.7. The van der Waals surface area contributed by atoms with Gasteiger partial charge in [-0.25, -0.2) is 19.9 Å². The maximum atomic E-state index is 11.7. The Kier molecular flexibility index (Phi) is 6.12. The normalized spacial score (nSPS) is 17.6. The van der Waals surface area contributed by atoms with Crippen molar-refractivity contribution in [3.8, 4) is 23.4 Å². The Morgan fingerprint density at radius 2 is 1.91 bits per heavy atom. The average Bonchev–Trinajstić information content (AvgIpc) is 3.36. The van der Waals surface area contributed by atoms with E-state index in [0.717, 1.165) is 42.1 Å². The maximum Gasteiger partial charge on any atom is 0.308 e. The predicted molar refractivity (Wildman–Crippen MR) is 127 cm³/mol. The van der Waals surface area contributed by atoms with E-state index in [1.54, 1.807) is 30.7 Å².